The molecule has 0 saturated heterocycles. The van der Waals surface area contributed by atoms with Crippen LogP contribution in [0.15, 0.2) is 18.2 Å². The van der Waals surface area contributed by atoms with Crippen LogP contribution in [0.2, 0.25) is 0 Å². The van der Waals surface area contributed by atoms with Crippen LogP contribution in [0.3, 0.4) is 0 Å². The van der Waals surface area contributed by atoms with Crippen LogP contribution in [0.25, 0.3) is 0 Å². The molecule has 2 N–H and O–H groups in total. The van der Waals surface area contributed by atoms with Gasteiger partial charge in [0, 0.05) is 6.42 Å². The number of rotatable bonds is 8. The van der Waals surface area contributed by atoms with Crippen LogP contribution in [0.5, 0.6) is 5.75 Å². The van der Waals surface area contributed by atoms with Crippen LogP contribution in [-0.4, -0.2) is 26.1 Å². The molecule has 4 nitrogen and oxygen atoms in total. The molecule has 0 aliphatic rings. The molecule has 20 heavy (non-hydrogen) atoms. The molecular formula is C15H25ClN2O2. The number of hydrogen-bond donors (Lipinski definition) is 2. The van der Waals surface area contributed by atoms with E-state index in [-0.39, 0.29) is 18.3 Å². The molecule has 1 amide bonds. The summed E-state index contributed by atoms with van der Waals surface area (Å²) in [5.41, 5.74) is 1.88. The predicted octanol–water partition coefficient (Wildman–Crippen LogP) is 3.14. The number of anilines is 1. The van der Waals surface area contributed by atoms with Gasteiger partial charge in [0.15, 0.2) is 0 Å². The van der Waals surface area contributed by atoms with E-state index >= 15 is 0 Å². The fourth-order valence-electron chi connectivity index (χ4n) is 1.70. The van der Waals surface area contributed by atoms with Gasteiger partial charge in [-0.1, -0.05) is 13.0 Å². The molecule has 114 valence electrons. The average Bonchev–Trinajstić information content (AvgIpc) is 2.39. The smallest absolute Gasteiger partial charge is 0.224 e. The monoisotopic (exact) mass is 300 g/mol. The van der Waals surface area contributed by atoms with Gasteiger partial charge in [0.05, 0.1) is 12.3 Å². The number of ether oxygens (including phenoxy) is 1. The Morgan fingerprint density at radius 2 is 2.10 bits per heavy atom. The van der Waals surface area contributed by atoms with E-state index in [0.717, 1.165) is 36.4 Å². The number of amides is 1. The number of halogens is 1. The van der Waals surface area contributed by atoms with Gasteiger partial charge in [0.2, 0.25) is 5.91 Å². The lowest BCUT2D eigenvalue weighted by Crippen LogP contribution is -2.16. The largest absolute Gasteiger partial charge is 0.491 e. The zero-order valence-corrected chi connectivity index (χ0v) is 13.3. The molecule has 1 aromatic rings. The van der Waals surface area contributed by atoms with Crippen LogP contribution in [0.4, 0.5) is 5.69 Å². The predicted molar refractivity (Wildman–Crippen MR) is 86.0 cm³/mol. The van der Waals surface area contributed by atoms with Gasteiger partial charge in [0.1, 0.15) is 5.75 Å². The first-order valence-corrected chi connectivity index (χ1v) is 6.85. The number of aryl methyl sites for hydroxylation is 1. The quantitative estimate of drug-likeness (QED) is 0.725. The molecule has 0 bridgehead atoms. The lowest BCUT2D eigenvalue weighted by molar-refractivity contribution is -0.116. The summed E-state index contributed by atoms with van der Waals surface area (Å²) in [6.07, 6.45) is 2.30. The molecule has 0 fully saturated rings. The van der Waals surface area contributed by atoms with Crippen LogP contribution in [-0.2, 0) is 4.79 Å². The van der Waals surface area contributed by atoms with E-state index < -0.39 is 0 Å². The maximum absolute atomic E-state index is 11.8. The van der Waals surface area contributed by atoms with Gasteiger partial charge in [-0.05, 0) is 51.1 Å². The van der Waals surface area contributed by atoms with Crippen molar-refractivity contribution in [2.75, 3.05) is 25.5 Å². The summed E-state index contributed by atoms with van der Waals surface area (Å²) in [7, 11) is 1.88. The maximum atomic E-state index is 11.8. The van der Waals surface area contributed by atoms with Crippen molar-refractivity contribution in [3.63, 3.8) is 0 Å². The summed E-state index contributed by atoms with van der Waals surface area (Å²) < 4.78 is 5.67. The van der Waals surface area contributed by atoms with E-state index in [0.29, 0.717) is 13.0 Å². The Kier molecular flexibility index (Phi) is 9.86. The van der Waals surface area contributed by atoms with Crippen molar-refractivity contribution < 1.29 is 9.53 Å². The van der Waals surface area contributed by atoms with E-state index in [1.165, 1.54) is 0 Å². The zero-order chi connectivity index (χ0) is 14.1. The summed E-state index contributed by atoms with van der Waals surface area (Å²) in [6, 6.07) is 5.83. The van der Waals surface area contributed by atoms with E-state index in [9.17, 15) is 4.79 Å². The highest BCUT2D eigenvalue weighted by Crippen LogP contribution is 2.26. The molecule has 0 aliphatic carbocycles. The van der Waals surface area contributed by atoms with Crippen molar-refractivity contribution in [2.24, 2.45) is 0 Å². The maximum Gasteiger partial charge on any atom is 0.224 e. The molecule has 0 atom stereocenters. The SMILES string of the molecule is CCCOc1cc(C)ccc1NC(=O)CCCNC.Cl. The van der Waals surface area contributed by atoms with Crippen LogP contribution >= 0.6 is 12.4 Å². The summed E-state index contributed by atoms with van der Waals surface area (Å²) in [5.74, 6) is 0.782. The molecule has 5 heteroatoms. The van der Waals surface area contributed by atoms with Crippen LogP contribution in [0.1, 0.15) is 31.7 Å². The molecular weight excluding hydrogens is 276 g/mol. The third kappa shape index (κ3) is 6.78. The van der Waals surface area contributed by atoms with Gasteiger partial charge < -0.3 is 15.4 Å². The van der Waals surface area contributed by atoms with E-state index in [1.807, 2.05) is 32.2 Å². The molecule has 1 rings (SSSR count). The van der Waals surface area contributed by atoms with Gasteiger partial charge in [-0.25, -0.2) is 0 Å². The highest BCUT2D eigenvalue weighted by molar-refractivity contribution is 5.92. The Morgan fingerprint density at radius 1 is 1.35 bits per heavy atom. The number of carbonyl (C=O) groups is 1. The number of benzene rings is 1. The van der Waals surface area contributed by atoms with E-state index in [2.05, 4.69) is 17.6 Å². The second-order valence-electron chi connectivity index (χ2n) is 4.60. The van der Waals surface area contributed by atoms with Crippen molar-refractivity contribution in [3.8, 4) is 5.75 Å². The summed E-state index contributed by atoms with van der Waals surface area (Å²) >= 11 is 0. The molecule has 1 aromatic carbocycles. The van der Waals surface area contributed by atoms with Gasteiger partial charge in [-0.2, -0.15) is 0 Å². The first-order chi connectivity index (χ1) is 9.17. The van der Waals surface area contributed by atoms with Crippen molar-refractivity contribution in [1.82, 2.24) is 5.32 Å². The minimum atomic E-state index is 0. The average molecular weight is 301 g/mol. The lowest BCUT2D eigenvalue weighted by Gasteiger charge is -2.13. The summed E-state index contributed by atoms with van der Waals surface area (Å²) in [6.45, 7) is 5.58. The Bertz CT molecular complexity index is 411. The minimum Gasteiger partial charge on any atom is -0.491 e. The van der Waals surface area contributed by atoms with Crippen LogP contribution in [0, 0.1) is 6.92 Å². The summed E-state index contributed by atoms with van der Waals surface area (Å²) in [4.78, 5) is 11.8. The fraction of sp³-hybridized carbons (Fsp3) is 0.533. The van der Waals surface area contributed by atoms with Crippen molar-refractivity contribution >= 4 is 24.0 Å². The van der Waals surface area contributed by atoms with Crippen molar-refractivity contribution in [1.29, 1.82) is 0 Å². The van der Waals surface area contributed by atoms with Gasteiger partial charge in [-0.15, -0.1) is 12.4 Å². The highest BCUT2D eigenvalue weighted by atomic mass is 35.5. The zero-order valence-electron chi connectivity index (χ0n) is 12.5. The van der Waals surface area contributed by atoms with Crippen molar-refractivity contribution in [3.05, 3.63) is 23.8 Å². The topological polar surface area (TPSA) is 50.4 Å². The highest BCUT2D eigenvalue weighted by Gasteiger charge is 2.08. The fourth-order valence-corrected chi connectivity index (χ4v) is 1.70. The minimum absolute atomic E-state index is 0. The number of carbonyl (C=O) groups excluding carboxylic acids is 1. The molecule has 0 unspecified atom stereocenters. The summed E-state index contributed by atoms with van der Waals surface area (Å²) in [5, 5.41) is 5.94. The van der Waals surface area contributed by atoms with Crippen LogP contribution < -0.4 is 15.4 Å². The molecule has 0 spiro atoms. The van der Waals surface area contributed by atoms with Gasteiger partial charge >= 0.3 is 0 Å². The third-order valence-electron chi connectivity index (χ3n) is 2.70. The second-order valence-corrected chi connectivity index (χ2v) is 4.60. The molecule has 0 aliphatic heterocycles. The lowest BCUT2D eigenvalue weighted by atomic mass is 10.2. The molecule has 0 aromatic heterocycles. The third-order valence-corrected chi connectivity index (χ3v) is 2.70. The van der Waals surface area contributed by atoms with Gasteiger partial charge in [-0.3, -0.25) is 4.79 Å². The number of hydrogen-bond acceptors (Lipinski definition) is 3. The molecule has 0 heterocycles. The molecule has 0 radical (unpaired) electrons. The second kappa shape index (κ2) is 10.5. The Morgan fingerprint density at radius 3 is 2.75 bits per heavy atom. The van der Waals surface area contributed by atoms with Gasteiger partial charge in [0.25, 0.3) is 0 Å². The first kappa shape index (κ1) is 18.7. The Hall–Kier alpha value is -1.26. The number of nitrogens with one attached hydrogen (secondary N) is 2. The van der Waals surface area contributed by atoms with E-state index in [4.69, 9.17) is 4.74 Å². The van der Waals surface area contributed by atoms with E-state index in [1.54, 1.807) is 0 Å². The van der Waals surface area contributed by atoms with Crippen molar-refractivity contribution in [2.45, 2.75) is 33.1 Å². The molecule has 0 saturated carbocycles. The normalized spacial score (nSPS) is 9.75. The Balaban J connectivity index is 0.00000361. The first-order valence-electron chi connectivity index (χ1n) is 6.85. The standard InChI is InChI=1S/C15H24N2O2.ClH/c1-4-10-19-14-11-12(2)7-8-13(14)17-15(18)6-5-9-16-3;/h7-8,11,16H,4-6,9-10H2,1-3H3,(H,17,18);1H. The Labute approximate surface area is 127 Å².